The number of carbonyl (C=O) groups excluding carboxylic acids is 1. The van der Waals surface area contributed by atoms with E-state index in [1.807, 2.05) is 31.2 Å². The fourth-order valence-corrected chi connectivity index (χ4v) is 2.29. The van der Waals surface area contributed by atoms with Crippen molar-refractivity contribution in [1.82, 2.24) is 20.3 Å². The van der Waals surface area contributed by atoms with Crippen molar-refractivity contribution in [2.75, 3.05) is 0 Å². The van der Waals surface area contributed by atoms with Gasteiger partial charge in [-0.15, -0.1) is 5.10 Å². The van der Waals surface area contributed by atoms with Crippen LogP contribution >= 0.6 is 0 Å². The predicted molar refractivity (Wildman–Crippen MR) is 80.5 cm³/mol. The molecule has 0 spiro atoms. The highest BCUT2D eigenvalue weighted by atomic mass is 19.1. The van der Waals surface area contributed by atoms with Crippen LogP contribution in [0.2, 0.25) is 0 Å². The number of aromatic nitrogens is 3. The number of fused-ring (bicyclic) bond motifs is 1. The minimum atomic E-state index is -0.295. The van der Waals surface area contributed by atoms with Gasteiger partial charge in [-0.05, 0) is 36.8 Å². The van der Waals surface area contributed by atoms with Crippen LogP contribution in [0, 0.1) is 5.82 Å². The average molecular weight is 298 g/mol. The minimum Gasteiger partial charge on any atom is -0.348 e. The van der Waals surface area contributed by atoms with Crippen LogP contribution in [-0.4, -0.2) is 20.9 Å². The summed E-state index contributed by atoms with van der Waals surface area (Å²) in [6, 6.07) is 13.3. The normalized spacial score (nSPS) is 12.3. The van der Waals surface area contributed by atoms with Gasteiger partial charge in [0.1, 0.15) is 17.9 Å². The summed E-state index contributed by atoms with van der Waals surface area (Å²) in [5.74, 6) is -0.469. The largest absolute Gasteiger partial charge is 0.348 e. The number of halogens is 1. The highest BCUT2D eigenvalue weighted by Gasteiger charge is 2.12. The van der Waals surface area contributed by atoms with Gasteiger partial charge in [0.2, 0.25) is 5.91 Å². The summed E-state index contributed by atoms with van der Waals surface area (Å²) < 4.78 is 14.5. The molecule has 1 N–H and O–H groups in total. The molecule has 3 aromatic rings. The number of rotatable bonds is 4. The fraction of sp³-hybridized carbons (Fsp3) is 0.188. The molecule has 0 saturated heterocycles. The Kier molecular flexibility index (Phi) is 3.82. The van der Waals surface area contributed by atoms with E-state index in [1.165, 1.54) is 12.1 Å². The second kappa shape index (κ2) is 5.93. The lowest BCUT2D eigenvalue weighted by Crippen LogP contribution is -2.30. The van der Waals surface area contributed by atoms with E-state index in [9.17, 15) is 9.18 Å². The second-order valence-corrected chi connectivity index (χ2v) is 5.08. The van der Waals surface area contributed by atoms with E-state index in [1.54, 1.807) is 16.8 Å². The van der Waals surface area contributed by atoms with Crippen molar-refractivity contribution in [1.29, 1.82) is 0 Å². The Morgan fingerprint density at radius 1 is 1.23 bits per heavy atom. The summed E-state index contributed by atoms with van der Waals surface area (Å²) in [4.78, 5) is 12.1. The van der Waals surface area contributed by atoms with Crippen LogP contribution in [0.1, 0.15) is 18.5 Å². The van der Waals surface area contributed by atoms with E-state index in [-0.39, 0.29) is 24.3 Å². The standard InChI is InChI=1S/C16H15FN4O/c1-11(12-6-8-13(17)9-7-12)18-16(22)10-21-15-5-3-2-4-14(15)19-20-21/h2-9,11H,10H2,1H3,(H,18,22)/t11-/m1/s1. The molecular weight excluding hydrogens is 283 g/mol. The maximum atomic E-state index is 12.9. The van der Waals surface area contributed by atoms with E-state index >= 15 is 0 Å². The third-order valence-electron chi connectivity index (χ3n) is 3.46. The van der Waals surface area contributed by atoms with Gasteiger partial charge in [0.25, 0.3) is 0 Å². The van der Waals surface area contributed by atoms with Gasteiger partial charge >= 0.3 is 0 Å². The van der Waals surface area contributed by atoms with Gasteiger partial charge in [0, 0.05) is 0 Å². The lowest BCUT2D eigenvalue weighted by Gasteiger charge is -2.14. The molecule has 0 aliphatic carbocycles. The monoisotopic (exact) mass is 298 g/mol. The van der Waals surface area contributed by atoms with Crippen molar-refractivity contribution in [3.8, 4) is 0 Å². The summed E-state index contributed by atoms with van der Waals surface area (Å²) in [6.45, 7) is 1.94. The molecule has 0 radical (unpaired) electrons. The molecule has 0 aliphatic heterocycles. The SMILES string of the molecule is C[C@@H](NC(=O)Cn1nnc2ccccc21)c1ccc(F)cc1. The molecule has 2 aromatic carbocycles. The third-order valence-corrected chi connectivity index (χ3v) is 3.46. The lowest BCUT2D eigenvalue weighted by atomic mass is 10.1. The first-order chi connectivity index (χ1) is 10.6. The van der Waals surface area contributed by atoms with Gasteiger partial charge in [0.15, 0.2) is 0 Å². The molecule has 3 rings (SSSR count). The number of para-hydroxylation sites is 1. The number of amides is 1. The number of benzene rings is 2. The number of carbonyl (C=O) groups is 1. The van der Waals surface area contributed by atoms with E-state index in [0.717, 1.165) is 16.6 Å². The molecule has 0 aliphatic rings. The van der Waals surface area contributed by atoms with Crippen molar-refractivity contribution in [3.05, 3.63) is 59.9 Å². The highest BCUT2D eigenvalue weighted by Crippen LogP contribution is 2.13. The fourth-order valence-electron chi connectivity index (χ4n) is 2.29. The summed E-state index contributed by atoms with van der Waals surface area (Å²) in [5, 5.41) is 10.9. The maximum Gasteiger partial charge on any atom is 0.242 e. The first-order valence-electron chi connectivity index (χ1n) is 6.96. The van der Waals surface area contributed by atoms with Gasteiger partial charge in [-0.3, -0.25) is 4.79 Å². The molecule has 0 fully saturated rings. The lowest BCUT2D eigenvalue weighted by molar-refractivity contribution is -0.122. The van der Waals surface area contributed by atoms with E-state index < -0.39 is 0 Å². The van der Waals surface area contributed by atoms with E-state index in [0.29, 0.717) is 0 Å². The molecule has 1 amide bonds. The van der Waals surface area contributed by atoms with Gasteiger partial charge < -0.3 is 5.32 Å². The van der Waals surface area contributed by atoms with Crippen LogP contribution < -0.4 is 5.32 Å². The Hall–Kier alpha value is -2.76. The Morgan fingerprint density at radius 3 is 2.73 bits per heavy atom. The van der Waals surface area contributed by atoms with Crippen molar-refractivity contribution in [3.63, 3.8) is 0 Å². The summed E-state index contributed by atoms with van der Waals surface area (Å²) >= 11 is 0. The number of hydrogen-bond acceptors (Lipinski definition) is 3. The first-order valence-corrected chi connectivity index (χ1v) is 6.96. The predicted octanol–water partition coefficient (Wildman–Crippen LogP) is 2.45. The molecule has 0 bridgehead atoms. The van der Waals surface area contributed by atoms with Crippen LogP contribution in [0.4, 0.5) is 4.39 Å². The zero-order valence-electron chi connectivity index (χ0n) is 12.0. The Morgan fingerprint density at radius 2 is 1.95 bits per heavy atom. The van der Waals surface area contributed by atoms with Crippen molar-refractivity contribution >= 4 is 16.9 Å². The van der Waals surface area contributed by atoms with Crippen LogP contribution in [0.5, 0.6) is 0 Å². The molecule has 112 valence electrons. The molecule has 0 unspecified atom stereocenters. The maximum absolute atomic E-state index is 12.9. The molecule has 1 aromatic heterocycles. The van der Waals surface area contributed by atoms with Gasteiger partial charge in [-0.25, -0.2) is 9.07 Å². The highest BCUT2D eigenvalue weighted by molar-refractivity contribution is 5.79. The summed E-state index contributed by atoms with van der Waals surface area (Å²) in [5.41, 5.74) is 2.41. The van der Waals surface area contributed by atoms with Crippen molar-refractivity contribution in [2.24, 2.45) is 0 Å². The number of nitrogens with zero attached hydrogens (tertiary/aromatic N) is 3. The average Bonchev–Trinajstić information content (AvgIpc) is 2.91. The van der Waals surface area contributed by atoms with Gasteiger partial charge in [-0.2, -0.15) is 0 Å². The van der Waals surface area contributed by atoms with Crippen molar-refractivity contribution in [2.45, 2.75) is 19.5 Å². The van der Waals surface area contributed by atoms with Crippen LogP contribution in [0.15, 0.2) is 48.5 Å². The summed E-state index contributed by atoms with van der Waals surface area (Å²) in [6.07, 6.45) is 0. The molecule has 1 heterocycles. The van der Waals surface area contributed by atoms with Crippen LogP contribution in [0.3, 0.4) is 0 Å². The van der Waals surface area contributed by atoms with E-state index in [2.05, 4.69) is 15.6 Å². The smallest absolute Gasteiger partial charge is 0.242 e. The Balaban J connectivity index is 1.68. The minimum absolute atomic E-state index is 0.0893. The van der Waals surface area contributed by atoms with Gasteiger partial charge in [-0.1, -0.05) is 29.5 Å². The number of nitrogens with one attached hydrogen (secondary N) is 1. The van der Waals surface area contributed by atoms with E-state index in [4.69, 9.17) is 0 Å². The molecule has 6 heteroatoms. The zero-order valence-corrected chi connectivity index (χ0v) is 12.0. The Labute approximate surface area is 126 Å². The second-order valence-electron chi connectivity index (χ2n) is 5.08. The Bertz CT molecular complexity index is 797. The molecular formula is C16H15FN4O. The molecule has 22 heavy (non-hydrogen) atoms. The van der Waals surface area contributed by atoms with Crippen molar-refractivity contribution < 1.29 is 9.18 Å². The van der Waals surface area contributed by atoms with Crippen LogP contribution in [0.25, 0.3) is 11.0 Å². The first kappa shape index (κ1) is 14.2. The molecule has 1 atom stereocenters. The zero-order chi connectivity index (χ0) is 15.5. The molecule has 0 saturated carbocycles. The number of hydrogen-bond donors (Lipinski definition) is 1. The molecule has 5 nitrogen and oxygen atoms in total. The topological polar surface area (TPSA) is 59.8 Å². The van der Waals surface area contributed by atoms with Crippen LogP contribution in [-0.2, 0) is 11.3 Å². The summed E-state index contributed by atoms with van der Waals surface area (Å²) in [7, 11) is 0. The third kappa shape index (κ3) is 2.95. The van der Waals surface area contributed by atoms with Gasteiger partial charge in [0.05, 0.1) is 11.6 Å². The quantitative estimate of drug-likeness (QED) is 0.805.